The first-order valence-corrected chi connectivity index (χ1v) is 10.2. The largest absolute Gasteiger partial charge is 0.491 e. The Hall–Kier alpha value is -2.67. The molecule has 1 N–H and O–H groups in total. The van der Waals surface area contributed by atoms with Gasteiger partial charge in [-0.2, -0.15) is 0 Å². The van der Waals surface area contributed by atoms with E-state index >= 15 is 0 Å². The van der Waals surface area contributed by atoms with E-state index in [9.17, 15) is 13.6 Å². The minimum atomic E-state index is -1.20. The van der Waals surface area contributed by atoms with Crippen LogP contribution in [0.1, 0.15) is 31.4 Å². The maximum atomic E-state index is 14.6. The molecule has 1 aliphatic rings. The van der Waals surface area contributed by atoms with Gasteiger partial charge in [0.1, 0.15) is 24.3 Å². The number of hydrogen-bond acceptors (Lipinski definition) is 4. The molecule has 0 bridgehead atoms. The number of hydrogen-bond donors (Lipinski definition) is 1. The van der Waals surface area contributed by atoms with E-state index in [0.29, 0.717) is 19.5 Å². The Bertz CT molecular complexity index is 812. The second-order valence-corrected chi connectivity index (χ2v) is 7.80. The molecule has 1 fully saturated rings. The molecule has 0 unspecified atom stereocenters. The molecular formula is C23H28F2N2O3. The van der Waals surface area contributed by atoms with Crippen LogP contribution in [0.15, 0.2) is 48.5 Å². The van der Waals surface area contributed by atoms with E-state index in [-0.39, 0.29) is 25.1 Å². The Morgan fingerprint density at radius 2 is 1.80 bits per heavy atom. The monoisotopic (exact) mass is 418 g/mol. The zero-order valence-corrected chi connectivity index (χ0v) is 17.3. The molecule has 0 saturated carbocycles. The van der Waals surface area contributed by atoms with Crippen molar-refractivity contribution in [2.75, 3.05) is 13.1 Å². The fraction of sp³-hybridized carbons (Fsp3) is 0.435. The van der Waals surface area contributed by atoms with Gasteiger partial charge in [-0.25, -0.2) is 13.6 Å². The molecule has 0 aliphatic carbocycles. The third-order valence-electron chi connectivity index (χ3n) is 4.91. The molecule has 2 aromatic carbocycles. The number of alkyl carbamates (subject to hydrolysis) is 1. The Morgan fingerprint density at radius 1 is 1.13 bits per heavy atom. The smallest absolute Gasteiger partial charge is 0.407 e. The summed E-state index contributed by atoms with van der Waals surface area (Å²) in [4.78, 5) is 14.0. The van der Waals surface area contributed by atoms with E-state index in [1.807, 2.05) is 43.0 Å². The minimum absolute atomic E-state index is 0.0913. The molecule has 5 nitrogen and oxygen atoms in total. The van der Waals surface area contributed by atoms with Gasteiger partial charge >= 0.3 is 6.09 Å². The fourth-order valence-electron chi connectivity index (χ4n) is 3.40. The first-order valence-electron chi connectivity index (χ1n) is 10.2. The number of alkyl halides is 1. The molecule has 1 heterocycles. The van der Waals surface area contributed by atoms with Crippen molar-refractivity contribution in [2.45, 2.75) is 51.7 Å². The zero-order valence-electron chi connectivity index (χ0n) is 17.3. The highest BCUT2D eigenvalue weighted by molar-refractivity contribution is 5.67. The average Bonchev–Trinajstić information content (AvgIpc) is 2.71. The van der Waals surface area contributed by atoms with E-state index in [0.717, 1.165) is 16.9 Å². The number of amides is 1. The van der Waals surface area contributed by atoms with Crippen molar-refractivity contribution in [3.8, 4) is 5.75 Å². The molecular weight excluding hydrogens is 390 g/mol. The summed E-state index contributed by atoms with van der Waals surface area (Å²) in [5, 5.41) is 2.63. The number of nitrogens with one attached hydrogen (secondary N) is 1. The summed E-state index contributed by atoms with van der Waals surface area (Å²) < 4.78 is 38.4. The molecule has 162 valence electrons. The summed E-state index contributed by atoms with van der Waals surface area (Å²) in [6.07, 6.45) is -1.25. The molecule has 1 aliphatic heterocycles. The standard InChI is InChI=1S/C23H28F2N2O3/c1-16(2)30-20-9-5-18(6-10-20)15-29-23(28)26-22-11-12-27(14-21(22)25)13-17-3-7-19(24)8-4-17/h3-10,16,21-22H,11-15H2,1-2H3,(H,26,28)/t21-,22+/m1/s1. The van der Waals surface area contributed by atoms with Crippen LogP contribution in [0, 0.1) is 5.82 Å². The zero-order chi connectivity index (χ0) is 21.5. The lowest BCUT2D eigenvalue weighted by molar-refractivity contribution is 0.0849. The average molecular weight is 418 g/mol. The maximum Gasteiger partial charge on any atom is 0.407 e. The van der Waals surface area contributed by atoms with Crippen molar-refractivity contribution in [1.29, 1.82) is 0 Å². The van der Waals surface area contributed by atoms with E-state index in [1.54, 1.807) is 12.1 Å². The van der Waals surface area contributed by atoms with Gasteiger partial charge in [0.05, 0.1) is 12.1 Å². The maximum absolute atomic E-state index is 14.6. The number of carbonyl (C=O) groups is 1. The Balaban J connectivity index is 1.40. The lowest BCUT2D eigenvalue weighted by Crippen LogP contribution is -2.52. The third-order valence-corrected chi connectivity index (χ3v) is 4.91. The van der Waals surface area contributed by atoms with Crippen LogP contribution in [-0.4, -0.2) is 42.4 Å². The molecule has 0 radical (unpaired) electrons. The van der Waals surface area contributed by atoms with Crippen molar-refractivity contribution in [3.63, 3.8) is 0 Å². The number of rotatable bonds is 7. The summed E-state index contributed by atoms with van der Waals surface area (Å²) in [6, 6.07) is 12.9. The van der Waals surface area contributed by atoms with Crippen LogP contribution in [0.4, 0.5) is 13.6 Å². The summed E-state index contributed by atoms with van der Waals surface area (Å²) >= 11 is 0. The van der Waals surface area contributed by atoms with Gasteiger partial charge in [-0.05, 0) is 55.7 Å². The van der Waals surface area contributed by atoms with Gasteiger partial charge in [-0.1, -0.05) is 24.3 Å². The van der Waals surface area contributed by atoms with Crippen molar-refractivity contribution in [1.82, 2.24) is 10.2 Å². The number of likely N-dealkylation sites (tertiary alicyclic amines) is 1. The molecule has 30 heavy (non-hydrogen) atoms. The summed E-state index contributed by atoms with van der Waals surface area (Å²) in [5.41, 5.74) is 1.76. The highest BCUT2D eigenvalue weighted by atomic mass is 19.1. The van der Waals surface area contributed by atoms with Crippen molar-refractivity contribution < 1.29 is 23.0 Å². The predicted molar refractivity (Wildman–Crippen MR) is 111 cm³/mol. The predicted octanol–water partition coefficient (Wildman–Crippen LogP) is 4.45. The summed E-state index contributed by atoms with van der Waals surface area (Å²) in [7, 11) is 0. The molecule has 0 aromatic heterocycles. The van der Waals surface area contributed by atoms with Gasteiger partial charge in [-0.15, -0.1) is 0 Å². The summed E-state index contributed by atoms with van der Waals surface area (Å²) in [6.45, 7) is 5.40. The van der Waals surface area contributed by atoms with Crippen molar-refractivity contribution in [3.05, 3.63) is 65.5 Å². The van der Waals surface area contributed by atoms with Crippen LogP contribution in [0.25, 0.3) is 0 Å². The van der Waals surface area contributed by atoms with Crippen LogP contribution in [0.5, 0.6) is 5.75 Å². The van der Waals surface area contributed by atoms with Crippen LogP contribution >= 0.6 is 0 Å². The topological polar surface area (TPSA) is 50.8 Å². The second kappa shape index (κ2) is 10.4. The van der Waals surface area contributed by atoms with Gasteiger partial charge in [-0.3, -0.25) is 4.90 Å². The van der Waals surface area contributed by atoms with E-state index in [4.69, 9.17) is 9.47 Å². The molecule has 7 heteroatoms. The van der Waals surface area contributed by atoms with Crippen LogP contribution in [-0.2, 0) is 17.9 Å². The van der Waals surface area contributed by atoms with E-state index < -0.39 is 18.3 Å². The van der Waals surface area contributed by atoms with Gasteiger partial charge in [0, 0.05) is 19.6 Å². The lowest BCUT2D eigenvalue weighted by Gasteiger charge is -2.34. The Morgan fingerprint density at radius 3 is 2.43 bits per heavy atom. The van der Waals surface area contributed by atoms with E-state index in [2.05, 4.69) is 5.32 Å². The molecule has 2 atom stereocenters. The van der Waals surface area contributed by atoms with Crippen molar-refractivity contribution in [2.24, 2.45) is 0 Å². The van der Waals surface area contributed by atoms with Gasteiger partial charge in [0.15, 0.2) is 0 Å². The number of benzene rings is 2. The first-order chi connectivity index (χ1) is 14.4. The summed E-state index contributed by atoms with van der Waals surface area (Å²) in [5.74, 6) is 0.467. The number of piperidine rings is 1. The number of carbonyl (C=O) groups excluding carboxylic acids is 1. The van der Waals surface area contributed by atoms with Crippen LogP contribution < -0.4 is 10.1 Å². The van der Waals surface area contributed by atoms with Crippen LogP contribution in [0.2, 0.25) is 0 Å². The third kappa shape index (κ3) is 6.69. The number of halogens is 2. The minimum Gasteiger partial charge on any atom is -0.491 e. The fourth-order valence-corrected chi connectivity index (χ4v) is 3.40. The molecule has 1 saturated heterocycles. The molecule has 3 rings (SSSR count). The highest BCUT2D eigenvalue weighted by Gasteiger charge is 2.30. The quantitative estimate of drug-likeness (QED) is 0.722. The normalized spacial score (nSPS) is 19.5. The first kappa shape index (κ1) is 22.0. The van der Waals surface area contributed by atoms with Gasteiger partial charge < -0.3 is 14.8 Å². The SMILES string of the molecule is CC(C)Oc1ccc(COC(=O)N[C@H]2CCN(Cc3ccc(F)cc3)C[C@H]2F)cc1. The van der Waals surface area contributed by atoms with Crippen LogP contribution in [0.3, 0.4) is 0 Å². The molecule has 1 amide bonds. The highest BCUT2D eigenvalue weighted by Crippen LogP contribution is 2.18. The molecule has 2 aromatic rings. The Labute approximate surface area is 176 Å². The lowest BCUT2D eigenvalue weighted by atomic mass is 10.0. The second-order valence-electron chi connectivity index (χ2n) is 7.80. The Kier molecular flexibility index (Phi) is 7.63. The molecule has 0 spiro atoms. The van der Waals surface area contributed by atoms with Crippen molar-refractivity contribution >= 4 is 6.09 Å². The van der Waals surface area contributed by atoms with E-state index in [1.165, 1.54) is 12.1 Å². The van der Waals surface area contributed by atoms with Gasteiger partial charge in [0.25, 0.3) is 0 Å². The number of nitrogens with zero attached hydrogens (tertiary/aromatic N) is 1. The number of ether oxygens (including phenoxy) is 2. The van der Waals surface area contributed by atoms with Gasteiger partial charge in [0.2, 0.25) is 0 Å².